The summed E-state index contributed by atoms with van der Waals surface area (Å²) < 4.78 is 6.01. The van der Waals surface area contributed by atoms with Gasteiger partial charge < -0.3 is 4.74 Å². The lowest BCUT2D eigenvalue weighted by Gasteiger charge is -2.28. The Morgan fingerprint density at radius 3 is 2.57 bits per heavy atom. The summed E-state index contributed by atoms with van der Waals surface area (Å²) in [5, 5.41) is 4.39. The molecule has 0 saturated carbocycles. The normalized spacial score (nSPS) is 25.3. The van der Waals surface area contributed by atoms with E-state index in [9.17, 15) is 0 Å². The molecule has 0 aromatic rings. The van der Waals surface area contributed by atoms with Gasteiger partial charge in [0.25, 0.3) is 0 Å². The molecule has 0 aliphatic carbocycles. The maximum absolute atomic E-state index is 6.01. The summed E-state index contributed by atoms with van der Waals surface area (Å²) in [6.45, 7) is 10.7. The first-order valence-electron chi connectivity index (χ1n) is 5.82. The predicted octanol–water partition coefficient (Wildman–Crippen LogP) is 2.59. The van der Waals surface area contributed by atoms with Crippen LogP contribution in [0.4, 0.5) is 0 Å². The van der Waals surface area contributed by atoms with Crippen molar-refractivity contribution in [2.45, 2.75) is 58.7 Å². The van der Waals surface area contributed by atoms with E-state index in [1.807, 2.05) is 0 Å². The molecule has 1 rings (SSSR count). The summed E-state index contributed by atoms with van der Waals surface area (Å²) in [6, 6.07) is 0. The summed E-state index contributed by atoms with van der Waals surface area (Å²) >= 11 is 0. The molecule has 1 saturated heterocycles. The van der Waals surface area contributed by atoms with Crippen molar-refractivity contribution < 1.29 is 4.74 Å². The molecular formula is C12H24NO. The van der Waals surface area contributed by atoms with Crippen molar-refractivity contribution in [3.8, 4) is 0 Å². The van der Waals surface area contributed by atoms with Crippen LogP contribution in [-0.2, 0) is 4.74 Å². The van der Waals surface area contributed by atoms with Crippen molar-refractivity contribution in [1.82, 2.24) is 5.32 Å². The zero-order valence-electron chi connectivity index (χ0n) is 10.0. The zero-order chi connectivity index (χ0) is 10.6. The first kappa shape index (κ1) is 12.0. The van der Waals surface area contributed by atoms with E-state index in [0.29, 0.717) is 6.10 Å². The van der Waals surface area contributed by atoms with Crippen molar-refractivity contribution in [3.63, 3.8) is 0 Å². The smallest absolute Gasteiger partial charge is 0.0602 e. The second-order valence-electron chi connectivity index (χ2n) is 5.28. The van der Waals surface area contributed by atoms with Crippen LogP contribution in [0.3, 0.4) is 0 Å². The van der Waals surface area contributed by atoms with Gasteiger partial charge in [-0.05, 0) is 46.0 Å². The van der Waals surface area contributed by atoms with E-state index in [0.717, 1.165) is 25.4 Å². The van der Waals surface area contributed by atoms with Crippen molar-refractivity contribution in [1.29, 1.82) is 0 Å². The first-order chi connectivity index (χ1) is 6.51. The van der Waals surface area contributed by atoms with Gasteiger partial charge in [0.1, 0.15) is 0 Å². The van der Waals surface area contributed by atoms with Crippen LogP contribution < -0.4 is 5.32 Å². The molecule has 14 heavy (non-hydrogen) atoms. The molecule has 0 N–H and O–H groups in total. The van der Waals surface area contributed by atoms with E-state index in [1.54, 1.807) is 0 Å². The molecule has 2 atom stereocenters. The second kappa shape index (κ2) is 5.13. The summed E-state index contributed by atoms with van der Waals surface area (Å²) in [7, 11) is 0. The Kier molecular flexibility index (Phi) is 4.39. The molecule has 1 heterocycles. The van der Waals surface area contributed by atoms with E-state index >= 15 is 0 Å². The molecule has 83 valence electrons. The zero-order valence-corrected chi connectivity index (χ0v) is 10.0. The molecule has 2 heteroatoms. The third-order valence-electron chi connectivity index (χ3n) is 2.65. The van der Waals surface area contributed by atoms with Crippen LogP contribution in [0, 0.1) is 5.92 Å². The van der Waals surface area contributed by atoms with E-state index in [-0.39, 0.29) is 5.60 Å². The molecule has 2 unspecified atom stereocenters. The first-order valence-corrected chi connectivity index (χ1v) is 5.82. The molecule has 0 amide bonds. The SMILES string of the molecule is CCC(CC1CC[N]C1)OC(C)(C)C. The van der Waals surface area contributed by atoms with Crippen molar-refractivity contribution in [2.24, 2.45) is 5.92 Å². The van der Waals surface area contributed by atoms with Crippen LogP contribution in [0.25, 0.3) is 0 Å². The molecule has 1 radical (unpaired) electrons. The standard InChI is InChI=1S/C12H24NO/c1-5-11(14-12(2,3)4)8-10-6-7-13-9-10/h10-11H,5-9H2,1-4H3. The summed E-state index contributed by atoms with van der Waals surface area (Å²) in [6.07, 6.45) is 4.00. The summed E-state index contributed by atoms with van der Waals surface area (Å²) in [5.74, 6) is 0.780. The monoisotopic (exact) mass is 198 g/mol. The number of ether oxygens (including phenoxy) is 1. The van der Waals surface area contributed by atoms with Gasteiger partial charge in [-0.25, -0.2) is 5.32 Å². The Morgan fingerprint density at radius 1 is 1.43 bits per heavy atom. The van der Waals surface area contributed by atoms with E-state index in [1.165, 1.54) is 12.8 Å². The number of rotatable bonds is 4. The number of nitrogens with zero attached hydrogens (tertiary/aromatic N) is 1. The highest BCUT2D eigenvalue weighted by Crippen LogP contribution is 2.22. The highest BCUT2D eigenvalue weighted by Gasteiger charge is 2.23. The minimum absolute atomic E-state index is 0.00355. The highest BCUT2D eigenvalue weighted by atomic mass is 16.5. The molecule has 0 bridgehead atoms. The Balaban J connectivity index is 2.30. The maximum atomic E-state index is 6.01. The Bertz CT molecular complexity index is 156. The number of hydrogen-bond acceptors (Lipinski definition) is 1. The summed E-state index contributed by atoms with van der Waals surface area (Å²) in [4.78, 5) is 0. The number of hydrogen-bond donors (Lipinski definition) is 0. The molecular weight excluding hydrogens is 174 g/mol. The maximum Gasteiger partial charge on any atom is 0.0602 e. The van der Waals surface area contributed by atoms with Crippen LogP contribution in [0.1, 0.15) is 47.0 Å². The van der Waals surface area contributed by atoms with Gasteiger partial charge in [-0.2, -0.15) is 0 Å². The quantitative estimate of drug-likeness (QED) is 0.681. The fourth-order valence-electron chi connectivity index (χ4n) is 2.00. The largest absolute Gasteiger partial charge is 0.373 e. The fraction of sp³-hybridized carbons (Fsp3) is 1.00. The molecule has 1 aliphatic heterocycles. The molecule has 2 nitrogen and oxygen atoms in total. The van der Waals surface area contributed by atoms with Gasteiger partial charge in [0.15, 0.2) is 0 Å². The van der Waals surface area contributed by atoms with Crippen LogP contribution in [0.5, 0.6) is 0 Å². The lowest BCUT2D eigenvalue weighted by Crippen LogP contribution is -2.28. The van der Waals surface area contributed by atoms with Gasteiger partial charge in [0.2, 0.25) is 0 Å². The van der Waals surface area contributed by atoms with Crippen molar-refractivity contribution in [2.75, 3.05) is 13.1 Å². The van der Waals surface area contributed by atoms with Crippen LogP contribution in [0.2, 0.25) is 0 Å². The molecule has 0 aromatic heterocycles. The Hall–Kier alpha value is -0.0800. The van der Waals surface area contributed by atoms with E-state index in [4.69, 9.17) is 4.74 Å². The summed E-state index contributed by atoms with van der Waals surface area (Å²) in [5.41, 5.74) is -0.00355. The minimum Gasteiger partial charge on any atom is -0.373 e. The van der Waals surface area contributed by atoms with Crippen LogP contribution in [-0.4, -0.2) is 24.8 Å². The average molecular weight is 198 g/mol. The molecule has 1 fully saturated rings. The Morgan fingerprint density at radius 2 is 2.14 bits per heavy atom. The van der Waals surface area contributed by atoms with Gasteiger partial charge in [-0.1, -0.05) is 6.92 Å². The minimum atomic E-state index is -0.00355. The topological polar surface area (TPSA) is 23.3 Å². The molecule has 0 aromatic carbocycles. The van der Waals surface area contributed by atoms with Crippen molar-refractivity contribution >= 4 is 0 Å². The Labute approximate surface area is 88.4 Å². The average Bonchev–Trinajstić information content (AvgIpc) is 2.53. The lowest BCUT2D eigenvalue weighted by molar-refractivity contribution is -0.0691. The third kappa shape index (κ3) is 4.43. The van der Waals surface area contributed by atoms with E-state index < -0.39 is 0 Å². The van der Waals surface area contributed by atoms with Gasteiger partial charge in [-0.15, -0.1) is 0 Å². The predicted molar refractivity (Wildman–Crippen MR) is 59.5 cm³/mol. The van der Waals surface area contributed by atoms with Crippen LogP contribution >= 0.6 is 0 Å². The third-order valence-corrected chi connectivity index (χ3v) is 2.65. The van der Waals surface area contributed by atoms with Gasteiger partial charge >= 0.3 is 0 Å². The van der Waals surface area contributed by atoms with Gasteiger partial charge in [0, 0.05) is 13.1 Å². The van der Waals surface area contributed by atoms with E-state index in [2.05, 4.69) is 33.0 Å². The second-order valence-corrected chi connectivity index (χ2v) is 5.28. The molecule has 1 aliphatic rings. The lowest BCUT2D eigenvalue weighted by atomic mass is 9.98. The fourth-order valence-corrected chi connectivity index (χ4v) is 2.00. The van der Waals surface area contributed by atoms with Gasteiger partial charge in [0.05, 0.1) is 11.7 Å². The van der Waals surface area contributed by atoms with Gasteiger partial charge in [-0.3, -0.25) is 0 Å². The molecule has 0 spiro atoms. The highest BCUT2D eigenvalue weighted by molar-refractivity contribution is 4.75. The van der Waals surface area contributed by atoms with Crippen LogP contribution in [0.15, 0.2) is 0 Å². The van der Waals surface area contributed by atoms with Crippen molar-refractivity contribution in [3.05, 3.63) is 0 Å².